The molecule has 1 saturated heterocycles. The van der Waals surface area contributed by atoms with Crippen molar-refractivity contribution in [2.45, 2.75) is 18.9 Å². The minimum atomic E-state index is -0.221. The second-order valence-electron chi connectivity index (χ2n) is 4.78. The van der Waals surface area contributed by atoms with Gasteiger partial charge in [-0.25, -0.2) is 0 Å². The highest BCUT2D eigenvalue weighted by Gasteiger charge is 2.20. The summed E-state index contributed by atoms with van der Waals surface area (Å²) < 4.78 is 5.06. The van der Waals surface area contributed by atoms with Gasteiger partial charge in [-0.1, -0.05) is 11.6 Å². The number of aliphatic hydroxyl groups is 1. The van der Waals surface area contributed by atoms with Crippen LogP contribution in [0.15, 0.2) is 18.2 Å². The summed E-state index contributed by atoms with van der Waals surface area (Å²) >= 11 is 6.01. The molecular weight excluding hydrogens is 266 g/mol. The minimum Gasteiger partial charge on any atom is -0.495 e. The largest absolute Gasteiger partial charge is 0.495 e. The third-order valence-electron chi connectivity index (χ3n) is 3.40. The fraction of sp³-hybridized carbons (Fsp3) is 0.500. The molecule has 1 aliphatic heterocycles. The Kier molecular flexibility index (Phi) is 4.80. The van der Waals surface area contributed by atoms with E-state index in [0.717, 1.165) is 25.9 Å². The van der Waals surface area contributed by atoms with Gasteiger partial charge in [-0.2, -0.15) is 0 Å². The molecule has 1 N–H and O–H groups in total. The van der Waals surface area contributed by atoms with E-state index in [9.17, 15) is 9.90 Å². The van der Waals surface area contributed by atoms with Crippen molar-refractivity contribution < 1.29 is 14.6 Å². The van der Waals surface area contributed by atoms with E-state index < -0.39 is 0 Å². The first kappa shape index (κ1) is 14.3. The summed E-state index contributed by atoms with van der Waals surface area (Å²) in [6, 6.07) is 5.07. The van der Waals surface area contributed by atoms with Crippen LogP contribution in [0.3, 0.4) is 0 Å². The molecule has 0 aliphatic carbocycles. The van der Waals surface area contributed by atoms with Crippen LogP contribution in [0.1, 0.15) is 23.2 Å². The number of rotatable bonds is 4. The molecule has 0 unspecified atom stereocenters. The number of piperidine rings is 1. The van der Waals surface area contributed by atoms with Crippen LogP contribution in [-0.2, 0) is 0 Å². The van der Waals surface area contributed by atoms with Gasteiger partial charge in [-0.15, -0.1) is 0 Å². The smallest absolute Gasteiger partial charge is 0.176 e. The molecule has 0 radical (unpaired) electrons. The maximum Gasteiger partial charge on any atom is 0.176 e. The molecule has 1 heterocycles. The summed E-state index contributed by atoms with van der Waals surface area (Å²) in [6.45, 7) is 1.89. The highest BCUT2D eigenvalue weighted by molar-refractivity contribution is 6.32. The molecule has 2 rings (SSSR count). The van der Waals surface area contributed by atoms with Gasteiger partial charge in [-0.3, -0.25) is 9.69 Å². The Labute approximate surface area is 117 Å². The highest BCUT2D eigenvalue weighted by atomic mass is 35.5. The zero-order valence-corrected chi connectivity index (χ0v) is 11.7. The summed E-state index contributed by atoms with van der Waals surface area (Å²) in [5.41, 5.74) is 0.594. The van der Waals surface area contributed by atoms with Gasteiger partial charge in [0.15, 0.2) is 5.78 Å². The second kappa shape index (κ2) is 6.37. The predicted molar refractivity (Wildman–Crippen MR) is 74.0 cm³/mol. The molecule has 0 amide bonds. The van der Waals surface area contributed by atoms with Crippen molar-refractivity contribution in [3.8, 4) is 5.75 Å². The van der Waals surface area contributed by atoms with Crippen LogP contribution >= 0.6 is 11.6 Å². The third-order valence-corrected chi connectivity index (χ3v) is 3.69. The lowest BCUT2D eigenvalue weighted by atomic mass is 10.1. The number of ketones is 1. The summed E-state index contributed by atoms with van der Waals surface area (Å²) in [5.74, 6) is 0.611. The summed E-state index contributed by atoms with van der Waals surface area (Å²) in [6.07, 6.45) is 1.25. The van der Waals surface area contributed by atoms with Crippen molar-refractivity contribution in [3.63, 3.8) is 0 Å². The Hall–Kier alpha value is -1.10. The quantitative estimate of drug-likeness (QED) is 0.859. The van der Waals surface area contributed by atoms with Crippen LogP contribution in [0.5, 0.6) is 5.75 Å². The molecule has 5 heteroatoms. The molecule has 0 bridgehead atoms. The highest BCUT2D eigenvalue weighted by Crippen LogP contribution is 2.25. The second-order valence-corrected chi connectivity index (χ2v) is 5.19. The van der Waals surface area contributed by atoms with E-state index in [2.05, 4.69) is 4.90 Å². The number of Topliss-reactive ketones (excluding diaryl/α,β-unsaturated/α-hetero) is 1. The fourth-order valence-corrected chi connectivity index (χ4v) is 2.47. The first-order chi connectivity index (χ1) is 9.10. The Balaban J connectivity index is 1.98. The zero-order valence-electron chi connectivity index (χ0n) is 10.9. The SMILES string of the molecule is COc1ccc(C(=O)CN2CCC(O)CC2)cc1Cl. The number of ether oxygens (including phenoxy) is 1. The van der Waals surface area contributed by atoms with Gasteiger partial charge in [0.05, 0.1) is 24.8 Å². The average molecular weight is 284 g/mol. The van der Waals surface area contributed by atoms with Gasteiger partial charge in [-0.05, 0) is 31.0 Å². The first-order valence-electron chi connectivity index (χ1n) is 6.37. The topological polar surface area (TPSA) is 49.8 Å². The first-order valence-corrected chi connectivity index (χ1v) is 6.75. The lowest BCUT2D eigenvalue weighted by Crippen LogP contribution is -2.39. The number of nitrogens with zero attached hydrogens (tertiary/aromatic N) is 1. The van der Waals surface area contributed by atoms with E-state index in [4.69, 9.17) is 16.3 Å². The van der Waals surface area contributed by atoms with Crippen LogP contribution in [0.25, 0.3) is 0 Å². The van der Waals surface area contributed by atoms with Gasteiger partial charge in [0.1, 0.15) is 5.75 Å². The molecule has 0 saturated carbocycles. The predicted octanol–water partition coefficient (Wildman–Crippen LogP) is 1.99. The third kappa shape index (κ3) is 3.69. The van der Waals surface area contributed by atoms with E-state index in [1.807, 2.05) is 0 Å². The van der Waals surface area contributed by atoms with E-state index in [0.29, 0.717) is 22.9 Å². The lowest BCUT2D eigenvalue weighted by Gasteiger charge is -2.28. The number of hydrogen-bond acceptors (Lipinski definition) is 4. The van der Waals surface area contributed by atoms with Crippen molar-refractivity contribution in [1.29, 1.82) is 0 Å². The van der Waals surface area contributed by atoms with Crippen molar-refractivity contribution in [3.05, 3.63) is 28.8 Å². The van der Waals surface area contributed by atoms with Gasteiger partial charge < -0.3 is 9.84 Å². The monoisotopic (exact) mass is 283 g/mol. The molecule has 0 aromatic heterocycles. The fourth-order valence-electron chi connectivity index (χ4n) is 2.21. The summed E-state index contributed by atoms with van der Waals surface area (Å²) in [7, 11) is 1.54. The summed E-state index contributed by atoms with van der Waals surface area (Å²) in [5, 5.41) is 9.88. The number of benzene rings is 1. The normalized spacial score (nSPS) is 17.4. The number of carbonyl (C=O) groups excluding carboxylic acids is 1. The maximum atomic E-state index is 12.1. The van der Waals surface area contributed by atoms with E-state index >= 15 is 0 Å². The van der Waals surface area contributed by atoms with Crippen LogP contribution in [0.4, 0.5) is 0 Å². The molecule has 1 fully saturated rings. The van der Waals surface area contributed by atoms with Crippen LogP contribution < -0.4 is 4.74 Å². The Morgan fingerprint density at radius 2 is 2.16 bits per heavy atom. The summed E-state index contributed by atoms with van der Waals surface area (Å²) in [4.78, 5) is 14.2. The number of carbonyl (C=O) groups is 1. The van der Waals surface area contributed by atoms with E-state index in [1.165, 1.54) is 0 Å². The molecular formula is C14H18ClNO3. The molecule has 0 spiro atoms. The van der Waals surface area contributed by atoms with Crippen LogP contribution in [-0.4, -0.2) is 48.6 Å². The van der Waals surface area contributed by atoms with Crippen molar-refractivity contribution >= 4 is 17.4 Å². The molecule has 104 valence electrons. The molecule has 0 atom stereocenters. The van der Waals surface area contributed by atoms with Gasteiger partial charge in [0.25, 0.3) is 0 Å². The van der Waals surface area contributed by atoms with Crippen molar-refractivity contribution in [2.24, 2.45) is 0 Å². The maximum absolute atomic E-state index is 12.1. The molecule has 19 heavy (non-hydrogen) atoms. The standard InChI is InChI=1S/C14H18ClNO3/c1-19-14-3-2-10(8-12(14)15)13(18)9-16-6-4-11(17)5-7-16/h2-3,8,11,17H,4-7,9H2,1H3. The average Bonchev–Trinajstić information content (AvgIpc) is 2.41. The minimum absolute atomic E-state index is 0.0425. The van der Waals surface area contributed by atoms with E-state index in [-0.39, 0.29) is 11.9 Å². The number of likely N-dealkylation sites (tertiary alicyclic amines) is 1. The number of methoxy groups -OCH3 is 1. The van der Waals surface area contributed by atoms with Crippen LogP contribution in [0, 0.1) is 0 Å². The Morgan fingerprint density at radius 1 is 1.47 bits per heavy atom. The number of halogens is 1. The van der Waals surface area contributed by atoms with Gasteiger partial charge in [0.2, 0.25) is 0 Å². The number of hydrogen-bond donors (Lipinski definition) is 1. The van der Waals surface area contributed by atoms with Gasteiger partial charge >= 0.3 is 0 Å². The lowest BCUT2D eigenvalue weighted by molar-refractivity contribution is 0.0711. The Bertz CT molecular complexity index is 456. The van der Waals surface area contributed by atoms with Crippen LogP contribution in [0.2, 0.25) is 5.02 Å². The molecule has 1 aromatic rings. The Morgan fingerprint density at radius 3 is 2.74 bits per heavy atom. The van der Waals surface area contributed by atoms with Gasteiger partial charge in [0, 0.05) is 18.7 Å². The molecule has 1 aromatic carbocycles. The molecule has 4 nitrogen and oxygen atoms in total. The van der Waals surface area contributed by atoms with E-state index in [1.54, 1.807) is 25.3 Å². The number of aliphatic hydroxyl groups excluding tert-OH is 1. The van der Waals surface area contributed by atoms with Crippen molar-refractivity contribution in [2.75, 3.05) is 26.7 Å². The molecule has 1 aliphatic rings. The zero-order chi connectivity index (χ0) is 13.8. The van der Waals surface area contributed by atoms with Crippen molar-refractivity contribution in [1.82, 2.24) is 4.90 Å².